The number of pyridine rings is 1. The Hall–Kier alpha value is -3.03. The fraction of sp³-hybridized carbons (Fsp3) is 0.448. The number of nitrogens with zero attached hydrogens (tertiary/aromatic N) is 3. The van der Waals surface area contributed by atoms with Gasteiger partial charge in [-0.3, -0.25) is 9.78 Å². The Kier molecular flexibility index (Phi) is 8.77. The minimum Gasteiger partial charge on any atom is -0.458 e. The van der Waals surface area contributed by atoms with Gasteiger partial charge >= 0.3 is 5.97 Å². The lowest BCUT2D eigenvalue weighted by molar-refractivity contribution is -0.160. The number of hydrogen-bond acceptors (Lipinski definition) is 6. The lowest BCUT2D eigenvalue weighted by Gasteiger charge is -2.28. The molecule has 1 aromatic carbocycles. The summed E-state index contributed by atoms with van der Waals surface area (Å²) in [6.07, 6.45) is 7.22. The third-order valence-corrected chi connectivity index (χ3v) is 6.66. The SMILES string of the molecule is CC(C)(C)OC(=O)COCC1CCC(Cn2nc(-c3ccccc3)c(-c3cncc(Cl)c3)cc2=O)CC1. The molecule has 37 heavy (non-hydrogen) atoms. The molecule has 0 N–H and O–H groups in total. The van der Waals surface area contributed by atoms with Gasteiger partial charge in [-0.05, 0) is 64.4 Å². The summed E-state index contributed by atoms with van der Waals surface area (Å²) in [5.41, 5.74) is 2.49. The van der Waals surface area contributed by atoms with Crippen molar-refractivity contribution in [2.75, 3.05) is 13.2 Å². The minimum absolute atomic E-state index is 0.0206. The molecular weight excluding hydrogens is 490 g/mol. The van der Waals surface area contributed by atoms with Crippen LogP contribution in [0.1, 0.15) is 46.5 Å². The highest BCUT2D eigenvalue weighted by Crippen LogP contribution is 2.32. The van der Waals surface area contributed by atoms with Crippen molar-refractivity contribution in [3.05, 3.63) is 70.2 Å². The van der Waals surface area contributed by atoms with Gasteiger partial charge in [-0.15, -0.1) is 0 Å². The van der Waals surface area contributed by atoms with Crippen LogP contribution in [0, 0.1) is 11.8 Å². The van der Waals surface area contributed by atoms with E-state index in [9.17, 15) is 9.59 Å². The number of halogens is 1. The van der Waals surface area contributed by atoms with Crippen LogP contribution in [0.15, 0.2) is 59.7 Å². The largest absolute Gasteiger partial charge is 0.458 e. The normalized spacial score (nSPS) is 17.9. The molecule has 1 fully saturated rings. The molecule has 1 saturated carbocycles. The van der Waals surface area contributed by atoms with Crippen molar-refractivity contribution in [2.24, 2.45) is 11.8 Å². The van der Waals surface area contributed by atoms with Crippen molar-refractivity contribution in [3.8, 4) is 22.4 Å². The second-order valence-electron chi connectivity index (χ2n) is 10.7. The molecule has 0 bridgehead atoms. The molecule has 1 aliphatic carbocycles. The minimum atomic E-state index is -0.506. The molecule has 0 saturated heterocycles. The lowest BCUT2D eigenvalue weighted by Crippen LogP contribution is -2.30. The van der Waals surface area contributed by atoms with Crippen LogP contribution in [0.4, 0.5) is 0 Å². The zero-order valence-electron chi connectivity index (χ0n) is 21.7. The summed E-state index contributed by atoms with van der Waals surface area (Å²) < 4.78 is 12.5. The Bertz CT molecular complexity index is 1260. The molecule has 0 atom stereocenters. The van der Waals surface area contributed by atoms with Crippen molar-refractivity contribution in [1.82, 2.24) is 14.8 Å². The predicted molar refractivity (Wildman–Crippen MR) is 144 cm³/mol. The summed E-state index contributed by atoms with van der Waals surface area (Å²) in [5.74, 6) is 0.424. The van der Waals surface area contributed by atoms with Gasteiger partial charge in [0.05, 0.1) is 17.3 Å². The maximum Gasteiger partial charge on any atom is 0.332 e. The average Bonchev–Trinajstić information content (AvgIpc) is 2.85. The summed E-state index contributed by atoms with van der Waals surface area (Å²) >= 11 is 6.18. The second kappa shape index (κ2) is 12.0. The molecule has 0 radical (unpaired) electrons. The number of rotatable bonds is 8. The van der Waals surface area contributed by atoms with E-state index in [4.69, 9.17) is 26.2 Å². The molecule has 2 heterocycles. The van der Waals surface area contributed by atoms with Crippen molar-refractivity contribution < 1.29 is 14.3 Å². The van der Waals surface area contributed by atoms with Crippen molar-refractivity contribution in [3.63, 3.8) is 0 Å². The number of esters is 1. The summed E-state index contributed by atoms with van der Waals surface area (Å²) in [4.78, 5) is 29.1. The Morgan fingerprint density at radius 3 is 2.41 bits per heavy atom. The highest BCUT2D eigenvalue weighted by atomic mass is 35.5. The monoisotopic (exact) mass is 523 g/mol. The number of carbonyl (C=O) groups excluding carboxylic acids is 1. The first kappa shape index (κ1) is 27.0. The molecule has 1 aliphatic rings. The van der Waals surface area contributed by atoms with Gasteiger partial charge in [0.25, 0.3) is 5.56 Å². The van der Waals surface area contributed by atoms with Gasteiger partial charge in [0.2, 0.25) is 0 Å². The molecular formula is C29H34ClN3O4. The van der Waals surface area contributed by atoms with E-state index in [-0.39, 0.29) is 18.1 Å². The van der Waals surface area contributed by atoms with E-state index in [1.165, 1.54) is 0 Å². The first-order valence-corrected chi connectivity index (χ1v) is 13.1. The summed E-state index contributed by atoms with van der Waals surface area (Å²) in [6, 6.07) is 13.3. The number of ether oxygens (including phenoxy) is 2. The zero-order chi connectivity index (χ0) is 26.4. The average molecular weight is 524 g/mol. The molecule has 7 nitrogen and oxygen atoms in total. The maximum atomic E-state index is 13.1. The van der Waals surface area contributed by atoms with Crippen LogP contribution >= 0.6 is 11.6 Å². The molecule has 2 aromatic heterocycles. The van der Waals surface area contributed by atoms with Crippen molar-refractivity contribution in [1.29, 1.82) is 0 Å². The standard InChI is InChI=1S/C29H34ClN3O4/c1-29(2,3)37-27(35)19-36-18-21-11-9-20(10-12-21)17-33-26(34)14-25(23-13-24(30)16-31-15-23)28(32-33)22-7-5-4-6-8-22/h4-8,13-16,20-21H,9-12,17-19H2,1-3H3. The van der Waals surface area contributed by atoms with Crippen molar-refractivity contribution in [2.45, 2.75) is 58.6 Å². The third kappa shape index (κ3) is 7.73. The smallest absolute Gasteiger partial charge is 0.332 e. The number of benzene rings is 1. The summed E-state index contributed by atoms with van der Waals surface area (Å²) in [5, 5.41) is 5.32. The van der Waals surface area contributed by atoms with Crippen LogP contribution in [-0.2, 0) is 20.8 Å². The molecule has 4 rings (SSSR count). The number of carbonyl (C=O) groups is 1. The van der Waals surface area contributed by atoms with E-state index in [0.29, 0.717) is 35.6 Å². The van der Waals surface area contributed by atoms with Crippen LogP contribution in [0.3, 0.4) is 0 Å². The van der Waals surface area contributed by atoms with E-state index in [0.717, 1.165) is 42.5 Å². The van der Waals surface area contributed by atoms with Gasteiger partial charge in [-0.2, -0.15) is 5.10 Å². The molecule has 0 aliphatic heterocycles. The molecule has 3 aromatic rings. The van der Waals surface area contributed by atoms with Crippen LogP contribution < -0.4 is 5.56 Å². The van der Waals surface area contributed by atoms with Gasteiger partial charge < -0.3 is 9.47 Å². The van der Waals surface area contributed by atoms with Crippen LogP contribution in [0.5, 0.6) is 0 Å². The topological polar surface area (TPSA) is 83.3 Å². The van der Waals surface area contributed by atoms with E-state index < -0.39 is 5.60 Å². The van der Waals surface area contributed by atoms with Gasteiger partial charge in [0.1, 0.15) is 12.2 Å². The zero-order valence-corrected chi connectivity index (χ0v) is 22.4. The third-order valence-electron chi connectivity index (χ3n) is 6.45. The highest BCUT2D eigenvalue weighted by Gasteiger charge is 2.24. The molecule has 0 unspecified atom stereocenters. The Balaban J connectivity index is 1.41. The number of aromatic nitrogens is 3. The molecule has 0 spiro atoms. The van der Waals surface area contributed by atoms with Gasteiger partial charge in [0, 0.05) is 41.7 Å². The van der Waals surface area contributed by atoms with E-state index in [1.54, 1.807) is 29.2 Å². The Labute approximate surface area is 222 Å². The van der Waals surface area contributed by atoms with Crippen LogP contribution in [-0.4, -0.2) is 39.5 Å². The molecule has 8 heteroatoms. The maximum absolute atomic E-state index is 13.1. The fourth-order valence-electron chi connectivity index (χ4n) is 4.71. The molecule has 196 valence electrons. The van der Waals surface area contributed by atoms with E-state index >= 15 is 0 Å². The second-order valence-corrected chi connectivity index (χ2v) is 11.1. The molecule has 0 amide bonds. The van der Waals surface area contributed by atoms with Crippen LogP contribution in [0.25, 0.3) is 22.4 Å². The van der Waals surface area contributed by atoms with Crippen molar-refractivity contribution >= 4 is 17.6 Å². The van der Waals surface area contributed by atoms with E-state index in [1.807, 2.05) is 51.1 Å². The van der Waals surface area contributed by atoms with Gasteiger partial charge in [-0.25, -0.2) is 9.48 Å². The number of hydrogen-bond donors (Lipinski definition) is 0. The summed E-state index contributed by atoms with van der Waals surface area (Å²) in [6.45, 7) is 6.63. The van der Waals surface area contributed by atoms with Crippen LogP contribution in [0.2, 0.25) is 5.02 Å². The summed E-state index contributed by atoms with van der Waals surface area (Å²) in [7, 11) is 0. The van der Waals surface area contributed by atoms with Gasteiger partial charge in [0.15, 0.2) is 0 Å². The first-order chi connectivity index (χ1) is 17.7. The lowest BCUT2D eigenvalue weighted by atomic mass is 9.82. The first-order valence-electron chi connectivity index (χ1n) is 12.8. The predicted octanol–water partition coefficient (Wildman–Crippen LogP) is 5.79. The Morgan fingerprint density at radius 1 is 1.03 bits per heavy atom. The Morgan fingerprint density at radius 2 is 1.73 bits per heavy atom. The van der Waals surface area contributed by atoms with E-state index in [2.05, 4.69) is 4.98 Å². The van der Waals surface area contributed by atoms with Gasteiger partial charge in [-0.1, -0.05) is 41.9 Å². The quantitative estimate of drug-likeness (QED) is 0.347. The highest BCUT2D eigenvalue weighted by molar-refractivity contribution is 6.30. The fourth-order valence-corrected chi connectivity index (χ4v) is 4.89.